The lowest BCUT2D eigenvalue weighted by Crippen LogP contribution is -2.43. The van der Waals surface area contributed by atoms with Crippen LogP contribution >= 0.6 is 0 Å². The number of carbonyl (C=O) groups excluding carboxylic acids is 3. The maximum Gasteiger partial charge on any atom is 0.336 e. The fraction of sp³-hybridized carbons (Fsp3) is 0.480. The maximum atomic E-state index is 13.7. The van der Waals surface area contributed by atoms with Gasteiger partial charge in [0, 0.05) is 41.1 Å². The largest absolute Gasteiger partial charge is 0.468 e. The van der Waals surface area contributed by atoms with Crippen molar-refractivity contribution in [3.63, 3.8) is 0 Å². The first-order chi connectivity index (χ1) is 16.6. The van der Waals surface area contributed by atoms with Crippen LogP contribution in [0.4, 0.5) is 5.69 Å². The van der Waals surface area contributed by atoms with Crippen molar-refractivity contribution in [3.8, 4) is 0 Å². The summed E-state index contributed by atoms with van der Waals surface area (Å²) in [6.45, 7) is 7.59. The number of nitro groups is 1. The van der Waals surface area contributed by atoms with Crippen LogP contribution in [0.25, 0.3) is 0 Å². The summed E-state index contributed by atoms with van der Waals surface area (Å²) in [5.41, 5.74) is 2.14. The van der Waals surface area contributed by atoms with Gasteiger partial charge in [0.15, 0.2) is 5.78 Å². The van der Waals surface area contributed by atoms with Crippen molar-refractivity contribution in [1.29, 1.82) is 0 Å². The number of hydrogen-bond acceptors (Lipinski definition) is 9. The van der Waals surface area contributed by atoms with Gasteiger partial charge < -0.3 is 19.5 Å². The highest BCUT2D eigenvalue weighted by Crippen LogP contribution is 2.46. The van der Waals surface area contributed by atoms with E-state index >= 15 is 0 Å². The third kappa shape index (κ3) is 5.12. The molecule has 35 heavy (non-hydrogen) atoms. The van der Waals surface area contributed by atoms with Gasteiger partial charge in [0.25, 0.3) is 5.69 Å². The molecule has 10 nitrogen and oxygen atoms in total. The van der Waals surface area contributed by atoms with Gasteiger partial charge in [-0.2, -0.15) is 0 Å². The summed E-state index contributed by atoms with van der Waals surface area (Å²) in [6, 6.07) is 4.61. The Hall–Kier alpha value is -3.53. The number of nitro benzene ring substituents is 1. The Morgan fingerprint density at radius 3 is 2.57 bits per heavy atom. The molecule has 0 radical (unpaired) electrons. The molecule has 0 fully saturated rings. The number of esters is 2. The zero-order chi connectivity index (χ0) is 25.9. The Bertz CT molecular complexity index is 1120. The van der Waals surface area contributed by atoms with Crippen molar-refractivity contribution in [1.82, 2.24) is 5.32 Å². The van der Waals surface area contributed by atoms with Gasteiger partial charge in [-0.05, 0) is 38.7 Å². The van der Waals surface area contributed by atoms with E-state index in [1.807, 2.05) is 6.92 Å². The minimum absolute atomic E-state index is 0.00584. The Kier molecular flexibility index (Phi) is 8.06. The van der Waals surface area contributed by atoms with Crippen molar-refractivity contribution in [2.75, 3.05) is 26.9 Å². The van der Waals surface area contributed by atoms with Crippen LogP contribution in [0.1, 0.15) is 44.2 Å². The summed E-state index contributed by atoms with van der Waals surface area (Å²) in [4.78, 5) is 50.5. The van der Waals surface area contributed by atoms with Crippen LogP contribution in [0.2, 0.25) is 0 Å². The van der Waals surface area contributed by atoms with Crippen LogP contribution in [0.3, 0.4) is 0 Å². The van der Waals surface area contributed by atoms with Crippen molar-refractivity contribution < 1.29 is 33.5 Å². The summed E-state index contributed by atoms with van der Waals surface area (Å²) in [5, 5.41) is 14.8. The lowest BCUT2D eigenvalue weighted by atomic mass is 9.69. The van der Waals surface area contributed by atoms with E-state index in [4.69, 9.17) is 14.2 Å². The number of rotatable bonds is 8. The summed E-state index contributed by atoms with van der Waals surface area (Å²) in [7, 11) is 1.22. The number of methoxy groups -OCH3 is 1. The highest BCUT2D eigenvalue weighted by atomic mass is 16.6. The van der Waals surface area contributed by atoms with Gasteiger partial charge in [0.05, 0.1) is 24.2 Å². The fourth-order valence-corrected chi connectivity index (χ4v) is 4.70. The number of allylic oxidation sites excluding steroid dienone is 3. The molecule has 3 atom stereocenters. The van der Waals surface area contributed by atoms with Crippen molar-refractivity contribution in [3.05, 3.63) is 62.0 Å². The van der Waals surface area contributed by atoms with Crippen LogP contribution < -0.4 is 5.32 Å². The van der Waals surface area contributed by atoms with E-state index in [2.05, 4.69) is 5.32 Å². The highest BCUT2D eigenvalue weighted by Gasteiger charge is 2.47. The summed E-state index contributed by atoms with van der Waals surface area (Å²) in [5.74, 6) is -4.13. The SMILES string of the molecule is CCOCCOC(=O)C1=C(C)NC2=C(C(=O)[C@H](C(=O)OC)[C@H](C)C2)[C@H]1c1ccc(C)c([N+](=O)[O-])c1. The lowest BCUT2D eigenvalue weighted by Gasteiger charge is -2.38. The molecule has 1 aliphatic heterocycles. The van der Waals surface area contributed by atoms with E-state index in [-0.39, 0.29) is 36.0 Å². The van der Waals surface area contributed by atoms with Crippen LogP contribution in [-0.4, -0.2) is 49.6 Å². The quantitative estimate of drug-likeness (QED) is 0.193. The molecular weight excluding hydrogens is 456 g/mol. The lowest BCUT2D eigenvalue weighted by molar-refractivity contribution is -0.385. The molecule has 1 aliphatic carbocycles. The number of carbonyl (C=O) groups is 3. The van der Waals surface area contributed by atoms with Gasteiger partial charge in [-0.3, -0.25) is 19.7 Å². The normalized spacial score (nSPS) is 21.9. The molecule has 1 heterocycles. The Morgan fingerprint density at radius 1 is 1.23 bits per heavy atom. The number of benzene rings is 1. The molecule has 2 aliphatic rings. The first-order valence-electron chi connectivity index (χ1n) is 11.4. The number of Topliss-reactive ketones (excluding diaryl/α,β-unsaturated/α-hetero) is 1. The molecule has 0 saturated heterocycles. The van der Waals surface area contributed by atoms with E-state index in [1.165, 1.54) is 13.2 Å². The van der Waals surface area contributed by atoms with Gasteiger partial charge in [-0.15, -0.1) is 0 Å². The molecule has 1 N–H and O–H groups in total. The molecule has 188 valence electrons. The Labute approximate surface area is 203 Å². The number of nitrogens with zero attached hydrogens (tertiary/aromatic N) is 1. The minimum Gasteiger partial charge on any atom is -0.468 e. The van der Waals surface area contributed by atoms with Crippen LogP contribution in [-0.2, 0) is 28.6 Å². The first-order valence-corrected chi connectivity index (χ1v) is 11.4. The zero-order valence-corrected chi connectivity index (χ0v) is 20.5. The average Bonchev–Trinajstić information content (AvgIpc) is 2.80. The van der Waals surface area contributed by atoms with E-state index in [0.717, 1.165) is 0 Å². The first kappa shape index (κ1) is 26.1. The molecule has 0 amide bonds. The van der Waals surface area contributed by atoms with Crippen molar-refractivity contribution in [2.45, 2.75) is 40.0 Å². The van der Waals surface area contributed by atoms with Gasteiger partial charge in [0.2, 0.25) is 0 Å². The number of aryl methyl sites for hydroxylation is 1. The number of ketones is 1. The maximum absolute atomic E-state index is 13.7. The average molecular weight is 487 g/mol. The third-order valence-electron chi connectivity index (χ3n) is 6.39. The van der Waals surface area contributed by atoms with Gasteiger partial charge >= 0.3 is 11.9 Å². The predicted molar refractivity (Wildman–Crippen MR) is 125 cm³/mol. The second kappa shape index (κ2) is 10.8. The molecule has 0 saturated carbocycles. The predicted octanol–water partition coefficient (Wildman–Crippen LogP) is 3.10. The molecule has 1 aromatic rings. The molecule has 0 spiro atoms. The summed E-state index contributed by atoms with van der Waals surface area (Å²) in [6.07, 6.45) is 0.370. The summed E-state index contributed by atoms with van der Waals surface area (Å²) < 4.78 is 15.5. The minimum atomic E-state index is -1.04. The smallest absolute Gasteiger partial charge is 0.336 e. The second-order valence-corrected chi connectivity index (χ2v) is 8.67. The van der Waals surface area contributed by atoms with Crippen molar-refractivity contribution in [2.24, 2.45) is 11.8 Å². The molecule has 0 aromatic heterocycles. The van der Waals surface area contributed by atoms with E-state index in [9.17, 15) is 24.5 Å². The monoisotopic (exact) mass is 486 g/mol. The van der Waals surface area contributed by atoms with E-state index < -0.39 is 34.5 Å². The summed E-state index contributed by atoms with van der Waals surface area (Å²) >= 11 is 0. The molecule has 0 bridgehead atoms. The van der Waals surface area contributed by atoms with Crippen LogP contribution in [0.15, 0.2) is 40.7 Å². The molecule has 0 unspecified atom stereocenters. The third-order valence-corrected chi connectivity index (χ3v) is 6.39. The molecule has 10 heteroatoms. The Balaban J connectivity index is 2.15. The molecule has 3 rings (SSSR count). The fourth-order valence-electron chi connectivity index (χ4n) is 4.70. The van der Waals surface area contributed by atoms with Gasteiger partial charge in [-0.25, -0.2) is 4.79 Å². The van der Waals surface area contributed by atoms with Crippen LogP contribution in [0, 0.1) is 28.9 Å². The Morgan fingerprint density at radius 2 is 1.94 bits per heavy atom. The van der Waals surface area contributed by atoms with E-state index in [0.29, 0.717) is 35.5 Å². The van der Waals surface area contributed by atoms with Gasteiger partial charge in [0.1, 0.15) is 12.5 Å². The van der Waals surface area contributed by atoms with Crippen molar-refractivity contribution >= 4 is 23.4 Å². The number of nitrogens with one attached hydrogen (secondary N) is 1. The molecular formula is C25H30N2O8. The number of dihydropyridines is 1. The zero-order valence-electron chi connectivity index (χ0n) is 20.5. The van der Waals surface area contributed by atoms with Crippen LogP contribution in [0.5, 0.6) is 0 Å². The van der Waals surface area contributed by atoms with Gasteiger partial charge in [-0.1, -0.05) is 19.1 Å². The second-order valence-electron chi connectivity index (χ2n) is 8.67. The topological polar surface area (TPSA) is 134 Å². The number of ether oxygens (including phenoxy) is 3. The highest BCUT2D eigenvalue weighted by molar-refractivity contribution is 6.12. The molecule has 1 aromatic carbocycles. The standard InChI is InChI=1S/C25H30N2O8/c1-6-34-9-10-35-25(30)20-15(4)26-17-11-14(3)19(24(29)33-5)23(28)22(17)21(20)16-8-7-13(2)18(12-16)27(31)32/h7-8,12,14,19,21,26H,6,9-11H2,1-5H3/t14-,19-,21+/m1/s1. The number of hydrogen-bond donors (Lipinski definition) is 1. The van der Waals surface area contributed by atoms with E-state index in [1.54, 1.807) is 32.9 Å².